The van der Waals surface area contributed by atoms with Gasteiger partial charge < -0.3 is 9.64 Å². The van der Waals surface area contributed by atoms with Crippen molar-refractivity contribution in [3.63, 3.8) is 0 Å². The molecule has 0 unspecified atom stereocenters. The van der Waals surface area contributed by atoms with E-state index in [0.29, 0.717) is 17.9 Å². The smallest absolute Gasteiger partial charge is 0.260 e. The average Bonchev–Trinajstić information content (AvgIpc) is 2.36. The molecule has 0 fully saturated rings. The quantitative estimate of drug-likeness (QED) is 0.749. The van der Waals surface area contributed by atoms with Crippen LogP contribution in [0.1, 0.15) is 28.4 Å². The summed E-state index contributed by atoms with van der Waals surface area (Å²) in [7, 11) is 1.74. The molecule has 0 saturated heterocycles. The van der Waals surface area contributed by atoms with Gasteiger partial charge in [0.2, 0.25) is 0 Å². The highest BCUT2D eigenvalue weighted by Gasteiger charge is 2.11. The Bertz CT molecular complexity index is 431. The second-order valence-electron chi connectivity index (χ2n) is 4.30. The largest absolute Gasteiger partial charge is 0.483 e. The van der Waals surface area contributed by atoms with E-state index in [0.717, 1.165) is 17.4 Å². The predicted molar refractivity (Wildman–Crippen MR) is 70.1 cm³/mol. The van der Waals surface area contributed by atoms with Crippen LogP contribution in [0.2, 0.25) is 0 Å². The Morgan fingerprint density at radius 3 is 2.33 bits per heavy atom. The summed E-state index contributed by atoms with van der Waals surface area (Å²) >= 11 is 0. The predicted octanol–water partition coefficient (Wildman–Crippen LogP) is 1.97. The van der Waals surface area contributed by atoms with E-state index in [1.807, 2.05) is 20.8 Å². The second-order valence-corrected chi connectivity index (χ2v) is 4.30. The molecule has 0 saturated carbocycles. The van der Waals surface area contributed by atoms with Crippen molar-refractivity contribution in [1.29, 1.82) is 0 Å². The molecule has 0 aromatic heterocycles. The van der Waals surface area contributed by atoms with Gasteiger partial charge in [-0.3, -0.25) is 9.59 Å². The van der Waals surface area contributed by atoms with E-state index in [1.54, 1.807) is 24.1 Å². The molecule has 0 aliphatic rings. The van der Waals surface area contributed by atoms with Gasteiger partial charge in [-0.05, 0) is 44.0 Å². The fourth-order valence-electron chi connectivity index (χ4n) is 1.70. The van der Waals surface area contributed by atoms with Crippen molar-refractivity contribution >= 4 is 12.2 Å². The van der Waals surface area contributed by atoms with Crippen LogP contribution in [0.3, 0.4) is 0 Å². The summed E-state index contributed by atoms with van der Waals surface area (Å²) in [6, 6.07) is 3.51. The lowest BCUT2D eigenvalue weighted by Crippen LogP contribution is -2.31. The van der Waals surface area contributed by atoms with Crippen molar-refractivity contribution in [1.82, 2.24) is 4.90 Å². The molecule has 0 radical (unpaired) electrons. The van der Waals surface area contributed by atoms with E-state index < -0.39 is 0 Å². The Labute approximate surface area is 108 Å². The first-order valence-electron chi connectivity index (χ1n) is 5.92. The number of likely N-dealkylation sites (N-methyl/N-ethyl adjacent to an activating group) is 1. The van der Waals surface area contributed by atoms with Gasteiger partial charge in [0, 0.05) is 19.2 Å². The molecule has 4 nitrogen and oxygen atoms in total. The van der Waals surface area contributed by atoms with Crippen molar-refractivity contribution in [3.05, 3.63) is 28.8 Å². The molecule has 4 heteroatoms. The second kappa shape index (κ2) is 6.19. The third-order valence-corrected chi connectivity index (χ3v) is 2.86. The number of carbonyl (C=O) groups is 2. The van der Waals surface area contributed by atoms with Crippen LogP contribution >= 0.6 is 0 Å². The number of aldehydes is 1. The van der Waals surface area contributed by atoms with E-state index >= 15 is 0 Å². The van der Waals surface area contributed by atoms with Gasteiger partial charge in [-0.25, -0.2) is 0 Å². The Morgan fingerprint density at radius 1 is 1.33 bits per heavy atom. The van der Waals surface area contributed by atoms with Gasteiger partial charge in [-0.15, -0.1) is 0 Å². The van der Waals surface area contributed by atoms with Crippen LogP contribution in [0.15, 0.2) is 12.1 Å². The van der Waals surface area contributed by atoms with Crippen molar-refractivity contribution in [2.75, 3.05) is 20.2 Å². The standard InChI is InChI=1S/C14H19NO3/c1-5-15(4)13(17)9-18-14-10(2)6-12(8-16)7-11(14)3/h6-8H,5,9H2,1-4H3. The minimum Gasteiger partial charge on any atom is -0.483 e. The first kappa shape index (κ1) is 14.2. The van der Waals surface area contributed by atoms with E-state index in [4.69, 9.17) is 4.74 Å². The Balaban J connectivity index is 2.80. The van der Waals surface area contributed by atoms with Crippen LogP contribution in [-0.4, -0.2) is 37.3 Å². The zero-order valence-corrected chi connectivity index (χ0v) is 11.3. The third-order valence-electron chi connectivity index (χ3n) is 2.86. The van der Waals surface area contributed by atoms with E-state index in [2.05, 4.69) is 0 Å². The van der Waals surface area contributed by atoms with Crippen molar-refractivity contribution in [3.8, 4) is 5.75 Å². The van der Waals surface area contributed by atoms with E-state index in [9.17, 15) is 9.59 Å². The van der Waals surface area contributed by atoms with Crippen molar-refractivity contribution in [2.45, 2.75) is 20.8 Å². The molecule has 0 spiro atoms. The molecule has 0 heterocycles. The maximum atomic E-state index is 11.6. The molecule has 0 atom stereocenters. The Hall–Kier alpha value is -1.84. The van der Waals surface area contributed by atoms with Crippen LogP contribution in [0.25, 0.3) is 0 Å². The molecule has 0 aliphatic carbocycles. The van der Waals surface area contributed by atoms with Crippen LogP contribution in [0, 0.1) is 13.8 Å². The molecule has 0 aliphatic heterocycles. The number of amides is 1. The van der Waals surface area contributed by atoms with Gasteiger partial charge >= 0.3 is 0 Å². The molecule has 1 amide bonds. The molecule has 1 aromatic rings. The molecule has 0 N–H and O–H groups in total. The lowest BCUT2D eigenvalue weighted by atomic mass is 10.1. The monoisotopic (exact) mass is 249 g/mol. The molecule has 98 valence electrons. The van der Waals surface area contributed by atoms with Crippen LogP contribution in [0.4, 0.5) is 0 Å². The van der Waals surface area contributed by atoms with Gasteiger partial charge in [0.05, 0.1) is 0 Å². The first-order chi connectivity index (χ1) is 8.49. The zero-order chi connectivity index (χ0) is 13.7. The van der Waals surface area contributed by atoms with Crippen molar-refractivity contribution in [2.24, 2.45) is 0 Å². The summed E-state index contributed by atoms with van der Waals surface area (Å²) < 4.78 is 5.54. The van der Waals surface area contributed by atoms with Crippen LogP contribution < -0.4 is 4.74 Å². The number of carbonyl (C=O) groups excluding carboxylic acids is 2. The summed E-state index contributed by atoms with van der Waals surface area (Å²) in [6.07, 6.45) is 0.805. The summed E-state index contributed by atoms with van der Waals surface area (Å²) in [5, 5.41) is 0. The highest BCUT2D eigenvalue weighted by Crippen LogP contribution is 2.24. The van der Waals surface area contributed by atoms with Gasteiger partial charge in [0.15, 0.2) is 6.61 Å². The van der Waals surface area contributed by atoms with E-state index in [-0.39, 0.29) is 12.5 Å². The van der Waals surface area contributed by atoms with Gasteiger partial charge in [-0.1, -0.05) is 0 Å². The third kappa shape index (κ3) is 3.32. The lowest BCUT2D eigenvalue weighted by Gasteiger charge is -2.17. The fraction of sp³-hybridized carbons (Fsp3) is 0.429. The number of aryl methyl sites for hydroxylation is 2. The maximum absolute atomic E-state index is 11.6. The van der Waals surface area contributed by atoms with Crippen LogP contribution in [0.5, 0.6) is 5.75 Å². The number of rotatable bonds is 5. The molecule has 0 bridgehead atoms. The van der Waals surface area contributed by atoms with E-state index in [1.165, 1.54) is 0 Å². The van der Waals surface area contributed by atoms with Gasteiger partial charge in [0.25, 0.3) is 5.91 Å². The maximum Gasteiger partial charge on any atom is 0.260 e. The highest BCUT2D eigenvalue weighted by molar-refractivity contribution is 5.78. The summed E-state index contributed by atoms with van der Waals surface area (Å²) in [5.74, 6) is 0.620. The number of nitrogens with zero attached hydrogens (tertiary/aromatic N) is 1. The number of ether oxygens (including phenoxy) is 1. The zero-order valence-electron chi connectivity index (χ0n) is 11.3. The first-order valence-corrected chi connectivity index (χ1v) is 5.92. The highest BCUT2D eigenvalue weighted by atomic mass is 16.5. The molecular formula is C14H19NO3. The topological polar surface area (TPSA) is 46.6 Å². The molecule has 1 aromatic carbocycles. The summed E-state index contributed by atoms with van der Waals surface area (Å²) in [4.78, 5) is 24.0. The molecular weight excluding hydrogens is 230 g/mol. The molecule has 18 heavy (non-hydrogen) atoms. The Kier molecular flexibility index (Phi) is 4.89. The minimum absolute atomic E-state index is 0.0203. The van der Waals surface area contributed by atoms with Crippen LogP contribution in [-0.2, 0) is 4.79 Å². The van der Waals surface area contributed by atoms with Gasteiger partial charge in [0.1, 0.15) is 12.0 Å². The number of hydrogen-bond acceptors (Lipinski definition) is 3. The number of hydrogen-bond donors (Lipinski definition) is 0. The summed E-state index contributed by atoms with van der Waals surface area (Å²) in [5.41, 5.74) is 2.35. The summed E-state index contributed by atoms with van der Waals surface area (Å²) in [6.45, 7) is 6.32. The fourth-order valence-corrected chi connectivity index (χ4v) is 1.70. The number of benzene rings is 1. The molecule has 1 rings (SSSR count). The van der Waals surface area contributed by atoms with Gasteiger partial charge in [-0.2, -0.15) is 0 Å². The van der Waals surface area contributed by atoms with Crippen molar-refractivity contribution < 1.29 is 14.3 Å². The normalized spacial score (nSPS) is 10.0. The minimum atomic E-state index is -0.0595. The SMILES string of the molecule is CCN(C)C(=O)COc1c(C)cc(C=O)cc1C. The Morgan fingerprint density at radius 2 is 1.89 bits per heavy atom. The average molecular weight is 249 g/mol. The lowest BCUT2D eigenvalue weighted by molar-refractivity contribution is -0.131.